The predicted molar refractivity (Wildman–Crippen MR) is 131 cm³/mol. The second kappa shape index (κ2) is 10.9. The molecule has 0 spiro atoms. The number of nitrogens with one attached hydrogen (secondary N) is 2. The van der Waals surface area contributed by atoms with Gasteiger partial charge in [-0.2, -0.15) is 0 Å². The lowest BCUT2D eigenvalue weighted by atomic mass is 10.1. The van der Waals surface area contributed by atoms with Crippen LogP contribution in [0.4, 0.5) is 0 Å². The number of hydrogen-bond acceptors (Lipinski definition) is 3. The molecule has 0 amide bonds. The highest BCUT2D eigenvalue weighted by Gasteiger charge is 2.31. The molecule has 5 nitrogen and oxygen atoms in total. The van der Waals surface area contributed by atoms with Gasteiger partial charge in [-0.05, 0) is 56.4 Å². The number of aromatic nitrogens is 1. The molecule has 1 saturated carbocycles. The average molecular weight is 505 g/mol. The van der Waals surface area contributed by atoms with Crippen molar-refractivity contribution in [2.45, 2.75) is 51.2 Å². The first-order valence-corrected chi connectivity index (χ1v) is 10.6. The number of aliphatic imine (C=N–C) groups is 1. The zero-order valence-corrected chi connectivity index (χ0v) is 19.5. The van der Waals surface area contributed by atoms with Gasteiger partial charge in [0.05, 0.1) is 12.2 Å². The fourth-order valence-electron chi connectivity index (χ4n) is 3.89. The third-order valence-corrected chi connectivity index (χ3v) is 5.59. The third-order valence-electron chi connectivity index (χ3n) is 5.59. The van der Waals surface area contributed by atoms with Gasteiger partial charge in [-0.3, -0.25) is 4.98 Å². The van der Waals surface area contributed by atoms with E-state index in [0.717, 1.165) is 29.8 Å². The second-order valence-electron chi connectivity index (χ2n) is 7.80. The highest BCUT2D eigenvalue weighted by atomic mass is 127. The smallest absolute Gasteiger partial charge is 0.191 e. The van der Waals surface area contributed by atoms with Crippen LogP contribution >= 0.6 is 24.0 Å². The van der Waals surface area contributed by atoms with Crippen LogP contribution in [0.2, 0.25) is 0 Å². The van der Waals surface area contributed by atoms with Gasteiger partial charge < -0.3 is 15.5 Å². The van der Waals surface area contributed by atoms with E-state index in [1.54, 1.807) is 0 Å². The van der Waals surface area contributed by atoms with Gasteiger partial charge in [-0.15, -0.1) is 24.0 Å². The third kappa shape index (κ3) is 6.40. The Balaban J connectivity index is 0.00000240. The van der Waals surface area contributed by atoms with E-state index in [0.29, 0.717) is 12.6 Å². The Labute approximate surface area is 191 Å². The van der Waals surface area contributed by atoms with Gasteiger partial charge >= 0.3 is 0 Å². The van der Waals surface area contributed by atoms with Crippen molar-refractivity contribution < 1.29 is 0 Å². The summed E-state index contributed by atoms with van der Waals surface area (Å²) in [4.78, 5) is 11.9. The first-order valence-electron chi connectivity index (χ1n) is 10.6. The number of rotatable bonds is 6. The van der Waals surface area contributed by atoms with Crippen molar-refractivity contribution >= 4 is 29.9 Å². The van der Waals surface area contributed by atoms with Crippen molar-refractivity contribution in [3.05, 3.63) is 54.2 Å². The van der Waals surface area contributed by atoms with Crippen molar-refractivity contribution in [2.75, 3.05) is 19.6 Å². The van der Waals surface area contributed by atoms with E-state index in [9.17, 15) is 0 Å². The van der Waals surface area contributed by atoms with Gasteiger partial charge in [-0.25, -0.2) is 4.99 Å². The zero-order chi connectivity index (χ0) is 19.2. The maximum absolute atomic E-state index is 4.84. The molecule has 6 heteroatoms. The summed E-state index contributed by atoms with van der Waals surface area (Å²) in [6, 6.07) is 15.9. The molecule has 1 saturated heterocycles. The summed E-state index contributed by atoms with van der Waals surface area (Å²) in [5.74, 6) is 0.926. The number of halogens is 1. The number of piperidine rings is 1. The molecule has 0 atom stereocenters. The molecule has 2 fully saturated rings. The molecule has 2 N–H and O–H groups in total. The lowest BCUT2D eigenvalue weighted by Gasteiger charge is -2.33. The average Bonchev–Trinajstić information content (AvgIpc) is 3.59. The minimum atomic E-state index is 0. The number of likely N-dealkylation sites (tertiary alicyclic amines) is 1. The lowest BCUT2D eigenvalue weighted by Crippen LogP contribution is -2.49. The van der Waals surface area contributed by atoms with Gasteiger partial charge in [0.2, 0.25) is 0 Å². The first-order chi connectivity index (χ1) is 13.8. The number of nitrogens with zero attached hydrogens (tertiary/aromatic N) is 3. The van der Waals surface area contributed by atoms with E-state index in [2.05, 4.69) is 51.7 Å². The van der Waals surface area contributed by atoms with Gasteiger partial charge in [0.25, 0.3) is 0 Å². The maximum atomic E-state index is 4.84. The summed E-state index contributed by atoms with van der Waals surface area (Å²) in [5, 5.41) is 7.06. The Bertz CT molecular complexity index is 783. The van der Waals surface area contributed by atoms with Crippen LogP contribution < -0.4 is 10.6 Å². The Morgan fingerprint density at radius 3 is 2.62 bits per heavy atom. The van der Waals surface area contributed by atoms with Crippen molar-refractivity contribution in [3.8, 4) is 11.3 Å². The van der Waals surface area contributed by atoms with E-state index in [4.69, 9.17) is 4.99 Å². The summed E-state index contributed by atoms with van der Waals surface area (Å²) in [5.41, 5.74) is 3.34. The van der Waals surface area contributed by atoms with Crippen LogP contribution in [0.5, 0.6) is 0 Å². The van der Waals surface area contributed by atoms with Crippen LogP contribution in [0.15, 0.2) is 53.7 Å². The fraction of sp³-hybridized carbons (Fsp3) is 0.478. The minimum Gasteiger partial charge on any atom is -0.357 e. The maximum Gasteiger partial charge on any atom is 0.191 e. The molecule has 2 aliphatic rings. The van der Waals surface area contributed by atoms with Gasteiger partial charge in [-0.1, -0.05) is 24.3 Å². The quantitative estimate of drug-likeness (QED) is 0.354. The number of pyridine rings is 1. The van der Waals surface area contributed by atoms with Gasteiger partial charge in [0, 0.05) is 43.5 Å². The molecular formula is C23H32IN5. The summed E-state index contributed by atoms with van der Waals surface area (Å²) >= 11 is 0. The zero-order valence-electron chi connectivity index (χ0n) is 17.2. The van der Waals surface area contributed by atoms with Crippen LogP contribution in [0.1, 0.15) is 38.2 Å². The van der Waals surface area contributed by atoms with Crippen molar-refractivity contribution in [1.82, 2.24) is 20.5 Å². The van der Waals surface area contributed by atoms with Crippen molar-refractivity contribution in [2.24, 2.45) is 4.99 Å². The Morgan fingerprint density at radius 1 is 1.10 bits per heavy atom. The Hall–Kier alpha value is -1.67. The van der Waals surface area contributed by atoms with Crippen LogP contribution in [0.3, 0.4) is 0 Å². The van der Waals surface area contributed by atoms with Crippen LogP contribution in [0, 0.1) is 0 Å². The molecule has 1 aromatic heterocycles. The van der Waals surface area contributed by atoms with E-state index in [1.807, 2.05) is 24.4 Å². The van der Waals surface area contributed by atoms with Crippen molar-refractivity contribution in [1.29, 1.82) is 0 Å². The Kier molecular flexibility index (Phi) is 8.29. The molecule has 0 bridgehead atoms. The highest BCUT2D eigenvalue weighted by Crippen LogP contribution is 2.29. The van der Waals surface area contributed by atoms with Crippen molar-refractivity contribution in [3.63, 3.8) is 0 Å². The van der Waals surface area contributed by atoms with E-state index in [-0.39, 0.29) is 24.0 Å². The molecule has 1 aliphatic heterocycles. The monoisotopic (exact) mass is 505 g/mol. The van der Waals surface area contributed by atoms with E-state index < -0.39 is 0 Å². The van der Waals surface area contributed by atoms with Crippen LogP contribution in [-0.4, -0.2) is 47.6 Å². The largest absolute Gasteiger partial charge is 0.357 e. The highest BCUT2D eigenvalue weighted by molar-refractivity contribution is 14.0. The van der Waals surface area contributed by atoms with E-state index >= 15 is 0 Å². The van der Waals surface area contributed by atoms with Crippen LogP contribution in [-0.2, 0) is 6.54 Å². The molecule has 29 heavy (non-hydrogen) atoms. The molecule has 0 unspecified atom stereocenters. The molecule has 2 heterocycles. The normalized spacial score (nSPS) is 18.2. The summed E-state index contributed by atoms with van der Waals surface area (Å²) in [6.45, 7) is 6.09. The van der Waals surface area contributed by atoms with E-state index in [1.165, 1.54) is 44.3 Å². The molecule has 0 radical (unpaired) electrons. The molecule has 1 aromatic carbocycles. The SMILES string of the molecule is CCNC(=NCc1cccc(-c2ccccn2)c1)NC1CCN(C2CC2)CC1.I. The molecular weight excluding hydrogens is 473 g/mol. The number of benzene rings is 1. The summed E-state index contributed by atoms with van der Waals surface area (Å²) in [6.07, 6.45) is 7.05. The van der Waals surface area contributed by atoms with Crippen LogP contribution in [0.25, 0.3) is 11.3 Å². The molecule has 4 rings (SSSR count). The lowest BCUT2D eigenvalue weighted by molar-refractivity contribution is 0.197. The molecule has 1 aliphatic carbocycles. The molecule has 2 aromatic rings. The number of guanidine groups is 1. The standard InChI is InChI=1S/C23H31N5.HI/c1-2-24-23(27-20-11-14-28(15-12-20)21-9-10-21)26-17-18-6-5-7-19(16-18)22-8-3-4-13-25-22;/h3-8,13,16,20-21H,2,9-12,14-15,17H2,1H3,(H2,24,26,27);1H. The predicted octanol–water partition coefficient (Wildman–Crippen LogP) is 4.05. The molecule has 156 valence electrons. The van der Waals surface area contributed by atoms with Gasteiger partial charge in [0.1, 0.15) is 0 Å². The van der Waals surface area contributed by atoms with Gasteiger partial charge in [0.15, 0.2) is 5.96 Å². The number of hydrogen-bond donors (Lipinski definition) is 2. The topological polar surface area (TPSA) is 52.6 Å². The second-order valence-corrected chi connectivity index (χ2v) is 7.80. The summed E-state index contributed by atoms with van der Waals surface area (Å²) < 4.78 is 0. The fourth-order valence-corrected chi connectivity index (χ4v) is 3.89. The minimum absolute atomic E-state index is 0. The first kappa shape index (κ1) is 22.0. The summed E-state index contributed by atoms with van der Waals surface area (Å²) in [7, 11) is 0. The Morgan fingerprint density at radius 2 is 1.93 bits per heavy atom.